The van der Waals surface area contributed by atoms with Gasteiger partial charge in [-0.25, -0.2) is 0 Å². The van der Waals surface area contributed by atoms with Crippen LogP contribution in [0.2, 0.25) is 0 Å². The molecule has 0 bridgehead atoms. The lowest BCUT2D eigenvalue weighted by molar-refractivity contribution is 0.174. The first-order valence-corrected chi connectivity index (χ1v) is 5.66. The quantitative estimate of drug-likeness (QED) is 0.804. The Kier molecular flexibility index (Phi) is 2.14. The van der Waals surface area contributed by atoms with E-state index in [0.717, 1.165) is 9.99 Å². The number of fused-ring (bicyclic) bond motifs is 3. The molecule has 2 heterocycles. The van der Waals surface area contributed by atoms with E-state index in [1.54, 1.807) is 6.20 Å². The summed E-state index contributed by atoms with van der Waals surface area (Å²) in [5.41, 5.74) is 0.661. The fraction of sp³-hybridized carbons (Fsp3) is 0.182. The van der Waals surface area contributed by atoms with E-state index in [-0.39, 0.29) is 5.43 Å². The van der Waals surface area contributed by atoms with Gasteiger partial charge in [0.2, 0.25) is 0 Å². The Morgan fingerprint density at radius 3 is 3.00 bits per heavy atom. The molecule has 0 spiro atoms. The number of halogens is 1. The van der Waals surface area contributed by atoms with Gasteiger partial charge in [0.15, 0.2) is 16.9 Å². The summed E-state index contributed by atoms with van der Waals surface area (Å²) < 4.78 is 11.8. The number of aromatic amines is 1. The van der Waals surface area contributed by atoms with E-state index in [1.165, 1.54) is 6.07 Å². The van der Waals surface area contributed by atoms with E-state index in [9.17, 15) is 4.79 Å². The van der Waals surface area contributed by atoms with Gasteiger partial charge < -0.3 is 14.5 Å². The predicted octanol–water partition coefficient (Wildman–Crippen LogP) is 2.06. The van der Waals surface area contributed by atoms with Crippen molar-refractivity contribution >= 4 is 26.8 Å². The molecule has 0 aliphatic carbocycles. The Morgan fingerprint density at radius 2 is 2.12 bits per heavy atom. The molecule has 1 aliphatic rings. The molecular weight excluding hydrogens is 274 g/mol. The normalized spacial score (nSPS) is 14.1. The zero-order chi connectivity index (χ0) is 11.1. The van der Waals surface area contributed by atoms with Crippen LogP contribution < -0.4 is 14.9 Å². The number of benzene rings is 1. The van der Waals surface area contributed by atoms with Gasteiger partial charge in [0.25, 0.3) is 0 Å². The molecule has 0 saturated heterocycles. The Bertz CT molecular complexity index is 620. The van der Waals surface area contributed by atoms with Crippen molar-refractivity contribution < 1.29 is 9.47 Å². The second-order valence-electron chi connectivity index (χ2n) is 3.47. The van der Waals surface area contributed by atoms with Gasteiger partial charge >= 0.3 is 0 Å². The minimum Gasteiger partial charge on any atom is -0.486 e. The number of hydrogen-bond acceptors (Lipinski definition) is 3. The lowest BCUT2D eigenvalue weighted by atomic mass is 10.1. The average molecular weight is 282 g/mol. The van der Waals surface area contributed by atoms with Gasteiger partial charge in [-0.2, -0.15) is 0 Å². The van der Waals surface area contributed by atoms with E-state index in [1.807, 2.05) is 6.07 Å². The van der Waals surface area contributed by atoms with Crippen LogP contribution in [0, 0.1) is 0 Å². The SMILES string of the molecule is O=c1cc[nH]c2c(Br)cc3c(c12)OCCO3. The maximum Gasteiger partial charge on any atom is 0.193 e. The smallest absolute Gasteiger partial charge is 0.193 e. The number of aromatic nitrogens is 1. The highest BCUT2D eigenvalue weighted by molar-refractivity contribution is 9.10. The molecule has 0 atom stereocenters. The largest absolute Gasteiger partial charge is 0.486 e. The third kappa shape index (κ3) is 1.31. The van der Waals surface area contributed by atoms with E-state index >= 15 is 0 Å². The van der Waals surface area contributed by atoms with Crippen LogP contribution in [-0.2, 0) is 0 Å². The van der Waals surface area contributed by atoms with Crippen molar-refractivity contribution in [2.45, 2.75) is 0 Å². The van der Waals surface area contributed by atoms with Crippen molar-refractivity contribution in [2.75, 3.05) is 13.2 Å². The average Bonchev–Trinajstić information content (AvgIpc) is 2.30. The van der Waals surface area contributed by atoms with Crippen molar-refractivity contribution in [3.8, 4) is 11.5 Å². The van der Waals surface area contributed by atoms with Crippen molar-refractivity contribution in [2.24, 2.45) is 0 Å². The van der Waals surface area contributed by atoms with Crippen LogP contribution in [0.3, 0.4) is 0 Å². The van der Waals surface area contributed by atoms with Gasteiger partial charge in [-0.3, -0.25) is 4.79 Å². The first kappa shape index (κ1) is 9.72. The molecule has 3 rings (SSSR count). The van der Waals surface area contributed by atoms with Crippen molar-refractivity contribution in [1.82, 2.24) is 4.98 Å². The van der Waals surface area contributed by atoms with Crippen LogP contribution in [0.25, 0.3) is 10.9 Å². The van der Waals surface area contributed by atoms with Gasteiger partial charge in [0.1, 0.15) is 13.2 Å². The van der Waals surface area contributed by atoms with Crippen molar-refractivity contribution in [1.29, 1.82) is 0 Å². The van der Waals surface area contributed by atoms with Crippen LogP contribution in [0.15, 0.2) is 27.6 Å². The predicted molar refractivity (Wildman–Crippen MR) is 63.3 cm³/mol. The Balaban J connectivity index is 2.49. The van der Waals surface area contributed by atoms with E-state index in [2.05, 4.69) is 20.9 Å². The summed E-state index contributed by atoms with van der Waals surface area (Å²) in [4.78, 5) is 14.9. The van der Waals surface area contributed by atoms with Crippen molar-refractivity contribution in [3.05, 3.63) is 33.0 Å². The Hall–Kier alpha value is -1.49. The van der Waals surface area contributed by atoms with Crippen LogP contribution in [0.5, 0.6) is 11.5 Å². The summed E-state index contributed by atoms with van der Waals surface area (Å²) in [7, 11) is 0. The van der Waals surface area contributed by atoms with E-state index < -0.39 is 0 Å². The zero-order valence-corrected chi connectivity index (χ0v) is 9.83. The zero-order valence-electron chi connectivity index (χ0n) is 8.25. The van der Waals surface area contributed by atoms with Gasteiger partial charge in [0.05, 0.1) is 10.9 Å². The molecule has 16 heavy (non-hydrogen) atoms. The maximum atomic E-state index is 11.8. The number of hydrogen-bond donors (Lipinski definition) is 1. The lowest BCUT2D eigenvalue weighted by Crippen LogP contribution is -2.17. The minimum absolute atomic E-state index is 0.0724. The standard InChI is InChI=1S/C11H8BrNO3/c12-6-5-8-11(16-4-3-15-8)9-7(14)1-2-13-10(6)9/h1-2,5H,3-4H2,(H,13,14). The molecule has 4 nitrogen and oxygen atoms in total. The summed E-state index contributed by atoms with van der Waals surface area (Å²) in [6.45, 7) is 0.980. The molecule has 0 amide bonds. The van der Waals surface area contributed by atoms with Crippen LogP contribution in [-0.4, -0.2) is 18.2 Å². The summed E-state index contributed by atoms with van der Waals surface area (Å²) in [5.74, 6) is 1.15. The summed E-state index contributed by atoms with van der Waals surface area (Å²) in [6, 6.07) is 3.29. The van der Waals surface area contributed by atoms with Gasteiger partial charge in [0, 0.05) is 22.8 Å². The number of H-pyrrole nitrogens is 1. The first-order chi connectivity index (χ1) is 7.77. The molecule has 0 fully saturated rings. The highest BCUT2D eigenvalue weighted by Crippen LogP contribution is 2.39. The maximum absolute atomic E-state index is 11.8. The summed E-state index contributed by atoms with van der Waals surface area (Å²) >= 11 is 3.40. The number of nitrogens with one attached hydrogen (secondary N) is 1. The molecule has 0 radical (unpaired) electrons. The molecule has 1 N–H and O–H groups in total. The Labute approximate surface area is 99.3 Å². The third-order valence-electron chi connectivity index (χ3n) is 2.49. The molecule has 5 heteroatoms. The van der Waals surface area contributed by atoms with Gasteiger partial charge in [-0.1, -0.05) is 0 Å². The topological polar surface area (TPSA) is 51.3 Å². The van der Waals surface area contributed by atoms with E-state index in [0.29, 0.717) is 30.1 Å². The fourth-order valence-electron chi connectivity index (χ4n) is 1.82. The van der Waals surface area contributed by atoms with Crippen molar-refractivity contribution in [3.63, 3.8) is 0 Å². The molecule has 1 aromatic carbocycles. The molecular formula is C11H8BrNO3. The molecule has 0 unspecified atom stereocenters. The summed E-state index contributed by atoms with van der Waals surface area (Å²) in [6.07, 6.45) is 1.62. The van der Waals surface area contributed by atoms with Crippen LogP contribution in [0.1, 0.15) is 0 Å². The second-order valence-corrected chi connectivity index (χ2v) is 4.33. The number of pyridine rings is 1. The van der Waals surface area contributed by atoms with Gasteiger partial charge in [-0.05, 0) is 15.9 Å². The summed E-state index contributed by atoms with van der Waals surface area (Å²) in [5, 5.41) is 0.534. The molecule has 1 aromatic heterocycles. The lowest BCUT2D eigenvalue weighted by Gasteiger charge is -2.20. The first-order valence-electron chi connectivity index (χ1n) is 4.87. The van der Waals surface area contributed by atoms with E-state index in [4.69, 9.17) is 9.47 Å². The molecule has 1 aliphatic heterocycles. The van der Waals surface area contributed by atoms with Crippen LogP contribution in [0.4, 0.5) is 0 Å². The Morgan fingerprint density at radius 1 is 1.31 bits per heavy atom. The highest BCUT2D eigenvalue weighted by atomic mass is 79.9. The number of rotatable bonds is 0. The third-order valence-corrected chi connectivity index (χ3v) is 3.12. The highest BCUT2D eigenvalue weighted by Gasteiger charge is 2.19. The fourth-order valence-corrected chi connectivity index (χ4v) is 2.34. The second kappa shape index (κ2) is 3.52. The molecule has 0 saturated carbocycles. The minimum atomic E-state index is -0.0724. The number of ether oxygens (including phenoxy) is 2. The van der Waals surface area contributed by atoms with Crippen LogP contribution >= 0.6 is 15.9 Å². The molecule has 2 aromatic rings. The van der Waals surface area contributed by atoms with Gasteiger partial charge in [-0.15, -0.1) is 0 Å². The molecule has 82 valence electrons. The monoisotopic (exact) mass is 281 g/mol.